The zero-order valence-electron chi connectivity index (χ0n) is 8.40. The summed E-state index contributed by atoms with van der Waals surface area (Å²) in [5, 5.41) is 3.90. The molecule has 0 aliphatic carbocycles. The van der Waals surface area contributed by atoms with E-state index in [-0.39, 0.29) is 12.4 Å². The molecule has 5 nitrogen and oxygen atoms in total. The minimum atomic E-state index is -0.0684. The van der Waals surface area contributed by atoms with Crippen LogP contribution in [0, 0.1) is 0 Å². The number of nitrogens with zero attached hydrogens (tertiary/aromatic N) is 2. The lowest BCUT2D eigenvalue weighted by Crippen LogP contribution is -2.15. The van der Waals surface area contributed by atoms with Crippen molar-refractivity contribution >= 4 is 5.78 Å². The number of carbonyl (C=O) groups is 1. The van der Waals surface area contributed by atoms with E-state index in [1.54, 1.807) is 26.4 Å². The van der Waals surface area contributed by atoms with Gasteiger partial charge in [-0.05, 0) is 6.07 Å². The second-order valence-corrected chi connectivity index (χ2v) is 2.81. The van der Waals surface area contributed by atoms with Gasteiger partial charge in [0.05, 0.1) is 13.2 Å². The first-order valence-electron chi connectivity index (χ1n) is 4.33. The molecule has 5 heteroatoms. The number of methoxy groups -OCH3 is 1. The highest BCUT2D eigenvalue weighted by atomic mass is 16.5. The number of carbonyl (C=O) groups excluding carboxylic acids is 1. The molecule has 1 aromatic heterocycles. The number of Topliss-reactive ketones (excluding diaryl/α,β-unsaturated/α-hetero) is 1. The van der Waals surface area contributed by atoms with Gasteiger partial charge < -0.3 is 9.47 Å². The van der Waals surface area contributed by atoms with Crippen LogP contribution in [0.2, 0.25) is 0 Å². The molecule has 0 aromatic carbocycles. The molecular formula is C9H14N2O3. The second-order valence-electron chi connectivity index (χ2n) is 2.81. The SMILES string of the molecule is COCCOCC(=O)c1ccnn1C. The van der Waals surface area contributed by atoms with Crippen LogP contribution in [0.3, 0.4) is 0 Å². The summed E-state index contributed by atoms with van der Waals surface area (Å²) < 4.78 is 11.4. The molecule has 0 aliphatic heterocycles. The summed E-state index contributed by atoms with van der Waals surface area (Å²) in [5.74, 6) is -0.0684. The van der Waals surface area contributed by atoms with Crippen LogP contribution in [0.4, 0.5) is 0 Å². The maximum atomic E-state index is 11.5. The highest BCUT2D eigenvalue weighted by molar-refractivity contribution is 5.95. The predicted octanol–water partition coefficient (Wildman–Crippen LogP) is 0.266. The Labute approximate surface area is 82.6 Å². The van der Waals surface area contributed by atoms with Crippen LogP contribution >= 0.6 is 0 Å². The van der Waals surface area contributed by atoms with Gasteiger partial charge in [-0.3, -0.25) is 9.48 Å². The largest absolute Gasteiger partial charge is 0.382 e. The van der Waals surface area contributed by atoms with Crippen molar-refractivity contribution in [3.05, 3.63) is 18.0 Å². The Hall–Kier alpha value is -1.20. The molecule has 0 unspecified atom stereocenters. The van der Waals surface area contributed by atoms with Crippen LogP contribution in [0.25, 0.3) is 0 Å². The van der Waals surface area contributed by atoms with Crippen LogP contribution in [0.5, 0.6) is 0 Å². The maximum Gasteiger partial charge on any atom is 0.206 e. The minimum absolute atomic E-state index is 0.0684. The van der Waals surface area contributed by atoms with E-state index in [0.29, 0.717) is 18.9 Å². The molecule has 0 fully saturated rings. The van der Waals surface area contributed by atoms with Gasteiger partial charge in [0.15, 0.2) is 0 Å². The van der Waals surface area contributed by atoms with Crippen molar-refractivity contribution in [1.29, 1.82) is 0 Å². The third kappa shape index (κ3) is 2.93. The van der Waals surface area contributed by atoms with Crippen LogP contribution in [0.15, 0.2) is 12.3 Å². The molecule has 0 spiro atoms. The molecule has 0 bridgehead atoms. The van der Waals surface area contributed by atoms with Crippen LogP contribution in [-0.4, -0.2) is 42.5 Å². The Morgan fingerprint density at radius 3 is 2.93 bits per heavy atom. The van der Waals surface area contributed by atoms with Gasteiger partial charge in [0.25, 0.3) is 0 Å². The number of aromatic nitrogens is 2. The van der Waals surface area contributed by atoms with Gasteiger partial charge in [0.2, 0.25) is 5.78 Å². The van der Waals surface area contributed by atoms with E-state index < -0.39 is 0 Å². The van der Waals surface area contributed by atoms with Gasteiger partial charge >= 0.3 is 0 Å². The van der Waals surface area contributed by atoms with Gasteiger partial charge in [-0.2, -0.15) is 5.10 Å². The molecule has 0 radical (unpaired) electrons. The molecule has 1 rings (SSSR count). The predicted molar refractivity (Wildman–Crippen MR) is 50.2 cm³/mol. The zero-order valence-corrected chi connectivity index (χ0v) is 8.40. The van der Waals surface area contributed by atoms with E-state index >= 15 is 0 Å². The first kappa shape index (κ1) is 10.9. The highest BCUT2D eigenvalue weighted by Crippen LogP contribution is 1.98. The summed E-state index contributed by atoms with van der Waals surface area (Å²) in [5.41, 5.74) is 0.558. The summed E-state index contributed by atoms with van der Waals surface area (Å²) >= 11 is 0. The minimum Gasteiger partial charge on any atom is -0.382 e. The van der Waals surface area contributed by atoms with Gasteiger partial charge in [-0.15, -0.1) is 0 Å². The highest BCUT2D eigenvalue weighted by Gasteiger charge is 2.09. The van der Waals surface area contributed by atoms with Gasteiger partial charge in [0.1, 0.15) is 12.3 Å². The lowest BCUT2D eigenvalue weighted by atomic mass is 10.3. The van der Waals surface area contributed by atoms with Gasteiger partial charge in [-0.25, -0.2) is 0 Å². The number of ether oxygens (including phenoxy) is 2. The number of hydrogen-bond acceptors (Lipinski definition) is 4. The Morgan fingerprint density at radius 2 is 2.36 bits per heavy atom. The van der Waals surface area contributed by atoms with Crippen molar-refractivity contribution in [2.75, 3.05) is 26.9 Å². The molecule has 0 amide bonds. The van der Waals surface area contributed by atoms with Crippen molar-refractivity contribution in [1.82, 2.24) is 9.78 Å². The van der Waals surface area contributed by atoms with Gasteiger partial charge in [0, 0.05) is 20.4 Å². The van der Waals surface area contributed by atoms with Crippen molar-refractivity contribution < 1.29 is 14.3 Å². The average molecular weight is 198 g/mol. The Balaban J connectivity index is 2.32. The molecule has 0 saturated carbocycles. The monoisotopic (exact) mass is 198 g/mol. The topological polar surface area (TPSA) is 53.4 Å². The van der Waals surface area contributed by atoms with E-state index in [9.17, 15) is 4.79 Å². The van der Waals surface area contributed by atoms with E-state index in [2.05, 4.69) is 5.10 Å². The van der Waals surface area contributed by atoms with E-state index in [1.165, 1.54) is 4.68 Å². The first-order chi connectivity index (χ1) is 6.75. The fraction of sp³-hybridized carbons (Fsp3) is 0.556. The molecule has 1 heterocycles. The zero-order chi connectivity index (χ0) is 10.4. The summed E-state index contributed by atoms with van der Waals surface area (Å²) in [7, 11) is 3.31. The molecule has 0 atom stereocenters. The van der Waals surface area contributed by atoms with Crippen LogP contribution in [-0.2, 0) is 16.5 Å². The van der Waals surface area contributed by atoms with E-state index in [1.807, 2.05) is 0 Å². The second kappa shape index (κ2) is 5.51. The van der Waals surface area contributed by atoms with E-state index in [0.717, 1.165) is 0 Å². The fourth-order valence-electron chi connectivity index (χ4n) is 1.03. The number of ketones is 1. The molecule has 1 aromatic rings. The van der Waals surface area contributed by atoms with Crippen LogP contribution in [0.1, 0.15) is 10.5 Å². The molecular weight excluding hydrogens is 184 g/mol. The quantitative estimate of drug-likeness (QED) is 0.486. The number of hydrogen-bond donors (Lipinski definition) is 0. The molecule has 0 saturated heterocycles. The lowest BCUT2D eigenvalue weighted by Gasteiger charge is -2.02. The maximum absolute atomic E-state index is 11.5. The standard InChI is InChI=1S/C9H14N2O3/c1-11-8(3-4-10-11)9(12)7-14-6-5-13-2/h3-4H,5-7H2,1-2H3. The fourth-order valence-corrected chi connectivity index (χ4v) is 1.03. The Morgan fingerprint density at radius 1 is 1.57 bits per heavy atom. The first-order valence-corrected chi connectivity index (χ1v) is 4.33. The Kier molecular flexibility index (Phi) is 4.28. The molecule has 0 aliphatic rings. The number of aryl methyl sites for hydroxylation is 1. The summed E-state index contributed by atoms with van der Waals surface area (Å²) in [6.45, 7) is 1.00. The average Bonchev–Trinajstić information content (AvgIpc) is 2.59. The molecule has 0 N–H and O–H groups in total. The Bertz CT molecular complexity index is 296. The van der Waals surface area contributed by atoms with E-state index in [4.69, 9.17) is 9.47 Å². The summed E-state index contributed by atoms with van der Waals surface area (Å²) in [6, 6.07) is 1.67. The third-order valence-electron chi connectivity index (χ3n) is 1.77. The normalized spacial score (nSPS) is 10.4. The van der Waals surface area contributed by atoms with Crippen molar-refractivity contribution in [3.8, 4) is 0 Å². The number of rotatable bonds is 6. The lowest BCUT2D eigenvalue weighted by molar-refractivity contribution is 0.0570. The van der Waals surface area contributed by atoms with Crippen molar-refractivity contribution in [2.45, 2.75) is 0 Å². The third-order valence-corrected chi connectivity index (χ3v) is 1.77. The van der Waals surface area contributed by atoms with Gasteiger partial charge in [-0.1, -0.05) is 0 Å². The van der Waals surface area contributed by atoms with Crippen molar-refractivity contribution in [2.24, 2.45) is 7.05 Å². The smallest absolute Gasteiger partial charge is 0.206 e. The summed E-state index contributed by atoms with van der Waals surface area (Å²) in [6.07, 6.45) is 1.59. The van der Waals surface area contributed by atoms with Crippen molar-refractivity contribution in [3.63, 3.8) is 0 Å². The summed E-state index contributed by atoms with van der Waals surface area (Å²) in [4.78, 5) is 11.5. The molecule has 14 heavy (non-hydrogen) atoms. The van der Waals surface area contributed by atoms with Crippen LogP contribution < -0.4 is 0 Å². The molecule has 78 valence electrons.